The highest BCUT2D eigenvalue weighted by atomic mass is 79.9. The number of anilines is 2. The van der Waals surface area contributed by atoms with Crippen molar-refractivity contribution in [3.63, 3.8) is 0 Å². The van der Waals surface area contributed by atoms with Crippen molar-refractivity contribution in [2.75, 3.05) is 5.32 Å². The lowest BCUT2D eigenvalue weighted by Gasteiger charge is -2.05. The van der Waals surface area contributed by atoms with Gasteiger partial charge in [-0.2, -0.15) is 0 Å². The van der Waals surface area contributed by atoms with Crippen LogP contribution in [0.3, 0.4) is 0 Å². The summed E-state index contributed by atoms with van der Waals surface area (Å²) in [4.78, 5) is 12.7. The number of hydrogen-bond donors (Lipinski definition) is 1. The van der Waals surface area contributed by atoms with E-state index in [2.05, 4.69) is 36.2 Å². The molecule has 0 amide bonds. The van der Waals surface area contributed by atoms with Crippen LogP contribution in [0.1, 0.15) is 0 Å². The van der Waals surface area contributed by atoms with Gasteiger partial charge in [-0.1, -0.05) is 15.9 Å². The Labute approximate surface area is 112 Å². The number of aromatic nitrogens is 3. The highest BCUT2D eigenvalue weighted by molar-refractivity contribution is 9.10. The van der Waals surface area contributed by atoms with Gasteiger partial charge in [-0.3, -0.25) is 4.98 Å². The zero-order valence-corrected chi connectivity index (χ0v) is 10.9. The summed E-state index contributed by atoms with van der Waals surface area (Å²) >= 11 is 3.43. The Morgan fingerprint density at radius 1 is 1.11 bits per heavy atom. The van der Waals surface area contributed by atoms with E-state index in [4.69, 9.17) is 0 Å². The Kier molecular flexibility index (Phi) is 2.90. The van der Waals surface area contributed by atoms with Crippen molar-refractivity contribution in [2.45, 2.75) is 0 Å². The van der Waals surface area contributed by atoms with E-state index >= 15 is 0 Å². The van der Waals surface area contributed by atoms with Gasteiger partial charge in [-0.15, -0.1) is 0 Å². The molecule has 2 heterocycles. The minimum absolute atomic E-state index is 0.567. The summed E-state index contributed by atoms with van der Waals surface area (Å²) in [7, 11) is 0. The van der Waals surface area contributed by atoms with Crippen LogP contribution in [0.15, 0.2) is 53.4 Å². The number of benzene rings is 1. The van der Waals surface area contributed by atoms with E-state index in [1.54, 1.807) is 18.6 Å². The van der Waals surface area contributed by atoms with Crippen molar-refractivity contribution in [2.24, 2.45) is 0 Å². The molecule has 3 rings (SSSR count). The maximum Gasteiger partial charge on any atom is 0.227 e. The van der Waals surface area contributed by atoms with Crippen LogP contribution in [-0.2, 0) is 0 Å². The van der Waals surface area contributed by atoms with Crippen molar-refractivity contribution in [3.05, 3.63) is 53.4 Å². The van der Waals surface area contributed by atoms with Gasteiger partial charge in [0.25, 0.3) is 0 Å². The maximum atomic E-state index is 4.44. The zero-order valence-electron chi connectivity index (χ0n) is 9.34. The van der Waals surface area contributed by atoms with Crippen LogP contribution in [0.4, 0.5) is 11.6 Å². The second kappa shape index (κ2) is 4.70. The number of pyridine rings is 1. The second-order valence-corrected chi connectivity index (χ2v) is 4.68. The van der Waals surface area contributed by atoms with Crippen LogP contribution in [0.2, 0.25) is 0 Å². The summed E-state index contributed by atoms with van der Waals surface area (Å²) in [6.07, 6.45) is 5.25. The number of rotatable bonds is 2. The molecule has 1 N–H and O–H groups in total. The minimum atomic E-state index is 0.567. The standard InChI is InChI=1S/C13H9BrN4/c14-10-3-4-12-9(6-10)7-16-13(18-12)17-11-2-1-5-15-8-11/h1-8H,(H,16,17,18). The summed E-state index contributed by atoms with van der Waals surface area (Å²) < 4.78 is 1.02. The molecule has 0 aliphatic carbocycles. The Balaban J connectivity index is 1.96. The Morgan fingerprint density at radius 3 is 2.89 bits per heavy atom. The van der Waals surface area contributed by atoms with Crippen molar-refractivity contribution < 1.29 is 0 Å². The van der Waals surface area contributed by atoms with Crippen molar-refractivity contribution >= 4 is 38.5 Å². The molecule has 0 aliphatic heterocycles. The fourth-order valence-corrected chi connectivity index (χ4v) is 2.01. The fraction of sp³-hybridized carbons (Fsp3) is 0. The Morgan fingerprint density at radius 2 is 2.06 bits per heavy atom. The van der Waals surface area contributed by atoms with Gasteiger partial charge >= 0.3 is 0 Å². The SMILES string of the molecule is Brc1ccc2nc(Nc3cccnc3)ncc2c1. The lowest BCUT2D eigenvalue weighted by atomic mass is 10.2. The molecule has 88 valence electrons. The topological polar surface area (TPSA) is 50.7 Å². The lowest BCUT2D eigenvalue weighted by molar-refractivity contribution is 1.20. The van der Waals surface area contributed by atoms with Gasteiger partial charge < -0.3 is 5.32 Å². The van der Waals surface area contributed by atoms with Crippen molar-refractivity contribution in [1.82, 2.24) is 15.0 Å². The molecule has 4 nitrogen and oxygen atoms in total. The quantitative estimate of drug-likeness (QED) is 0.786. The fourth-order valence-electron chi connectivity index (χ4n) is 1.63. The lowest BCUT2D eigenvalue weighted by Crippen LogP contribution is -1.97. The first-order valence-electron chi connectivity index (χ1n) is 5.41. The molecule has 0 bridgehead atoms. The smallest absolute Gasteiger partial charge is 0.227 e. The van der Waals surface area contributed by atoms with Crippen LogP contribution < -0.4 is 5.32 Å². The number of hydrogen-bond acceptors (Lipinski definition) is 4. The molecule has 3 aromatic rings. The third kappa shape index (κ3) is 2.31. The molecule has 0 aliphatic rings. The predicted molar refractivity (Wildman–Crippen MR) is 74.8 cm³/mol. The molecular formula is C13H9BrN4. The zero-order chi connectivity index (χ0) is 12.4. The van der Waals surface area contributed by atoms with Crippen LogP contribution in [0.5, 0.6) is 0 Å². The van der Waals surface area contributed by atoms with Gasteiger partial charge in [0.1, 0.15) is 0 Å². The van der Waals surface area contributed by atoms with E-state index in [-0.39, 0.29) is 0 Å². The van der Waals surface area contributed by atoms with E-state index in [9.17, 15) is 0 Å². The van der Waals surface area contributed by atoms with Crippen molar-refractivity contribution in [3.8, 4) is 0 Å². The number of nitrogens with zero attached hydrogens (tertiary/aromatic N) is 3. The highest BCUT2D eigenvalue weighted by Crippen LogP contribution is 2.19. The molecule has 0 spiro atoms. The molecule has 0 unspecified atom stereocenters. The van der Waals surface area contributed by atoms with Crippen molar-refractivity contribution in [1.29, 1.82) is 0 Å². The molecular weight excluding hydrogens is 292 g/mol. The molecule has 0 atom stereocenters. The molecule has 0 fully saturated rings. The number of nitrogens with one attached hydrogen (secondary N) is 1. The normalized spacial score (nSPS) is 10.5. The molecule has 2 aromatic heterocycles. The molecule has 18 heavy (non-hydrogen) atoms. The molecule has 0 saturated heterocycles. The first kappa shape index (κ1) is 11.1. The van der Waals surface area contributed by atoms with Crippen LogP contribution in [0.25, 0.3) is 10.9 Å². The summed E-state index contributed by atoms with van der Waals surface area (Å²) in [6.45, 7) is 0. The van der Waals surface area contributed by atoms with Gasteiger partial charge in [-0.05, 0) is 30.3 Å². The predicted octanol–water partition coefficient (Wildman–Crippen LogP) is 3.53. The van der Waals surface area contributed by atoms with Crippen LogP contribution >= 0.6 is 15.9 Å². The number of fused-ring (bicyclic) bond motifs is 1. The van der Waals surface area contributed by atoms with E-state index in [1.165, 1.54) is 0 Å². The van der Waals surface area contributed by atoms with Crippen LogP contribution in [0, 0.1) is 0 Å². The Bertz CT molecular complexity index is 685. The third-order valence-corrected chi connectivity index (χ3v) is 2.95. The molecule has 1 aromatic carbocycles. The first-order valence-corrected chi connectivity index (χ1v) is 6.20. The monoisotopic (exact) mass is 300 g/mol. The molecule has 0 radical (unpaired) electrons. The first-order chi connectivity index (χ1) is 8.81. The van der Waals surface area contributed by atoms with E-state index in [1.807, 2.05) is 30.3 Å². The van der Waals surface area contributed by atoms with Gasteiger partial charge in [-0.25, -0.2) is 9.97 Å². The van der Waals surface area contributed by atoms with Gasteiger partial charge in [0.05, 0.1) is 17.4 Å². The average molecular weight is 301 g/mol. The van der Waals surface area contributed by atoms with Gasteiger partial charge in [0, 0.05) is 22.3 Å². The third-order valence-electron chi connectivity index (χ3n) is 2.46. The summed E-state index contributed by atoms with van der Waals surface area (Å²) in [6, 6.07) is 9.69. The summed E-state index contributed by atoms with van der Waals surface area (Å²) in [5.41, 5.74) is 1.77. The van der Waals surface area contributed by atoms with Gasteiger partial charge in [0.15, 0.2) is 0 Å². The number of halogens is 1. The summed E-state index contributed by atoms with van der Waals surface area (Å²) in [5, 5.41) is 4.12. The average Bonchev–Trinajstić information content (AvgIpc) is 2.40. The molecule has 0 saturated carbocycles. The minimum Gasteiger partial charge on any atom is -0.323 e. The Hall–Kier alpha value is -2.01. The maximum absolute atomic E-state index is 4.44. The highest BCUT2D eigenvalue weighted by Gasteiger charge is 2.01. The summed E-state index contributed by atoms with van der Waals surface area (Å²) in [5.74, 6) is 0.567. The van der Waals surface area contributed by atoms with E-state index in [0.29, 0.717) is 5.95 Å². The largest absolute Gasteiger partial charge is 0.323 e. The second-order valence-electron chi connectivity index (χ2n) is 3.76. The molecule has 5 heteroatoms. The van der Waals surface area contributed by atoms with E-state index < -0.39 is 0 Å². The van der Waals surface area contributed by atoms with Gasteiger partial charge in [0.2, 0.25) is 5.95 Å². The van der Waals surface area contributed by atoms with E-state index in [0.717, 1.165) is 21.1 Å². The van der Waals surface area contributed by atoms with Crippen LogP contribution in [-0.4, -0.2) is 15.0 Å².